The quantitative estimate of drug-likeness (QED) is 0.651. The molecule has 138 valence electrons. The molecule has 0 fully saturated rings. The SMILES string of the molecule is CC(=O)Nc1cccc(C(=O)NCCc2cc3cc(C)ccc3[nH]c2=O)c1. The first-order valence-corrected chi connectivity index (χ1v) is 8.71. The van der Waals surface area contributed by atoms with Crippen molar-refractivity contribution in [3.8, 4) is 0 Å². The van der Waals surface area contributed by atoms with Crippen molar-refractivity contribution in [1.29, 1.82) is 0 Å². The highest BCUT2D eigenvalue weighted by Gasteiger charge is 2.08. The van der Waals surface area contributed by atoms with Crippen LogP contribution >= 0.6 is 0 Å². The fourth-order valence-electron chi connectivity index (χ4n) is 2.91. The Balaban J connectivity index is 1.66. The normalized spacial score (nSPS) is 10.6. The van der Waals surface area contributed by atoms with Gasteiger partial charge in [0.15, 0.2) is 0 Å². The van der Waals surface area contributed by atoms with Crippen molar-refractivity contribution in [2.75, 3.05) is 11.9 Å². The van der Waals surface area contributed by atoms with Crippen LogP contribution < -0.4 is 16.2 Å². The van der Waals surface area contributed by atoms with Gasteiger partial charge in [-0.1, -0.05) is 17.7 Å². The van der Waals surface area contributed by atoms with Gasteiger partial charge in [0.2, 0.25) is 5.91 Å². The van der Waals surface area contributed by atoms with Crippen molar-refractivity contribution in [1.82, 2.24) is 10.3 Å². The van der Waals surface area contributed by atoms with Crippen LogP contribution in [0.5, 0.6) is 0 Å². The molecule has 0 aliphatic rings. The summed E-state index contributed by atoms with van der Waals surface area (Å²) in [6.07, 6.45) is 0.427. The fourth-order valence-corrected chi connectivity index (χ4v) is 2.91. The second-order valence-electron chi connectivity index (χ2n) is 6.48. The van der Waals surface area contributed by atoms with Crippen molar-refractivity contribution in [3.05, 3.63) is 75.6 Å². The fraction of sp³-hybridized carbons (Fsp3) is 0.190. The number of anilines is 1. The first-order valence-electron chi connectivity index (χ1n) is 8.71. The number of aryl methyl sites for hydroxylation is 1. The van der Waals surface area contributed by atoms with Crippen LogP contribution in [0.3, 0.4) is 0 Å². The third kappa shape index (κ3) is 4.61. The first kappa shape index (κ1) is 18.4. The van der Waals surface area contributed by atoms with Gasteiger partial charge in [0.25, 0.3) is 11.5 Å². The third-order valence-electron chi connectivity index (χ3n) is 4.20. The number of carbonyl (C=O) groups is 2. The van der Waals surface area contributed by atoms with Gasteiger partial charge < -0.3 is 15.6 Å². The molecule has 0 aliphatic heterocycles. The smallest absolute Gasteiger partial charge is 0.251 e. The van der Waals surface area contributed by atoms with Crippen LogP contribution in [0.25, 0.3) is 10.9 Å². The number of nitrogens with one attached hydrogen (secondary N) is 3. The van der Waals surface area contributed by atoms with E-state index in [1.54, 1.807) is 24.3 Å². The Morgan fingerprint density at radius 1 is 1.07 bits per heavy atom. The van der Waals surface area contributed by atoms with Gasteiger partial charge >= 0.3 is 0 Å². The number of amides is 2. The minimum Gasteiger partial charge on any atom is -0.352 e. The van der Waals surface area contributed by atoms with Gasteiger partial charge in [-0.3, -0.25) is 14.4 Å². The predicted octanol–water partition coefficient (Wildman–Crippen LogP) is 2.77. The standard InChI is InChI=1S/C21H21N3O3/c1-13-6-7-19-17(10-13)11-16(21(27)24-19)8-9-22-20(26)15-4-3-5-18(12-15)23-14(2)25/h3-7,10-12H,8-9H2,1-2H3,(H,22,26)(H,23,25)(H,24,27). The van der Waals surface area contributed by atoms with Gasteiger partial charge in [-0.2, -0.15) is 0 Å². The average molecular weight is 363 g/mol. The predicted molar refractivity (Wildman–Crippen MR) is 106 cm³/mol. The summed E-state index contributed by atoms with van der Waals surface area (Å²) < 4.78 is 0. The van der Waals surface area contributed by atoms with E-state index < -0.39 is 0 Å². The molecule has 2 amide bonds. The van der Waals surface area contributed by atoms with Crippen molar-refractivity contribution in [2.45, 2.75) is 20.3 Å². The van der Waals surface area contributed by atoms with Crippen LogP contribution in [-0.2, 0) is 11.2 Å². The second kappa shape index (κ2) is 7.86. The number of benzene rings is 2. The van der Waals surface area contributed by atoms with E-state index in [1.165, 1.54) is 6.92 Å². The number of aromatic amines is 1. The number of fused-ring (bicyclic) bond motifs is 1. The lowest BCUT2D eigenvalue weighted by atomic mass is 10.1. The highest BCUT2D eigenvalue weighted by atomic mass is 16.2. The zero-order valence-corrected chi connectivity index (χ0v) is 15.3. The first-order chi connectivity index (χ1) is 12.9. The molecule has 0 aliphatic carbocycles. The lowest BCUT2D eigenvalue weighted by Crippen LogP contribution is -2.27. The maximum absolute atomic E-state index is 12.3. The van der Waals surface area contributed by atoms with Crippen LogP contribution in [-0.4, -0.2) is 23.3 Å². The summed E-state index contributed by atoms with van der Waals surface area (Å²) in [4.78, 5) is 38.5. The van der Waals surface area contributed by atoms with Crippen molar-refractivity contribution >= 4 is 28.4 Å². The van der Waals surface area contributed by atoms with E-state index in [2.05, 4.69) is 15.6 Å². The summed E-state index contributed by atoms with van der Waals surface area (Å²) in [6, 6.07) is 14.4. The van der Waals surface area contributed by atoms with Gasteiger partial charge in [-0.15, -0.1) is 0 Å². The summed E-state index contributed by atoms with van der Waals surface area (Å²) >= 11 is 0. The lowest BCUT2D eigenvalue weighted by molar-refractivity contribution is -0.114. The Bertz CT molecular complexity index is 1070. The Morgan fingerprint density at radius 2 is 1.89 bits per heavy atom. The molecular weight excluding hydrogens is 342 g/mol. The number of hydrogen-bond donors (Lipinski definition) is 3. The third-order valence-corrected chi connectivity index (χ3v) is 4.20. The van der Waals surface area contributed by atoms with Gasteiger partial charge in [0.05, 0.1) is 0 Å². The van der Waals surface area contributed by atoms with E-state index in [1.807, 2.05) is 31.2 Å². The molecular formula is C21H21N3O3. The number of aromatic nitrogens is 1. The van der Waals surface area contributed by atoms with E-state index >= 15 is 0 Å². The molecule has 2 aromatic carbocycles. The Hall–Kier alpha value is -3.41. The Kier molecular flexibility index (Phi) is 5.35. The summed E-state index contributed by atoms with van der Waals surface area (Å²) in [5, 5.41) is 6.43. The highest BCUT2D eigenvalue weighted by molar-refractivity contribution is 5.96. The second-order valence-corrected chi connectivity index (χ2v) is 6.48. The molecule has 0 saturated carbocycles. The van der Waals surface area contributed by atoms with Crippen LogP contribution in [0.4, 0.5) is 5.69 Å². The minimum atomic E-state index is -0.254. The molecule has 6 heteroatoms. The number of rotatable bonds is 5. The molecule has 0 unspecified atom stereocenters. The molecule has 3 rings (SSSR count). The molecule has 6 nitrogen and oxygen atoms in total. The topological polar surface area (TPSA) is 91.1 Å². The van der Waals surface area contributed by atoms with Gasteiger partial charge in [-0.05, 0) is 55.1 Å². The highest BCUT2D eigenvalue weighted by Crippen LogP contribution is 2.13. The minimum absolute atomic E-state index is 0.145. The Morgan fingerprint density at radius 3 is 2.67 bits per heavy atom. The zero-order chi connectivity index (χ0) is 19.4. The molecule has 0 spiro atoms. The molecule has 3 aromatic rings. The largest absolute Gasteiger partial charge is 0.352 e. The van der Waals surface area contributed by atoms with E-state index in [0.29, 0.717) is 29.8 Å². The van der Waals surface area contributed by atoms with Gasteiger partial charge in [0.1, 0.15) is 0 Å². The summed E-state index contributed by atoms with van der Waals surface area (Å²) in [7, 11) is 0. The van der Waals surface area contributed by atoms with Crippen LogP contribution in [0, 0.1) is 6.92 Å². The number of hydrogen-bond acceptors (Lipinski definition) is 3. The summed E-state index contributed by atoms with van der Waals surface area (Å²) in [6.45, 7) is 3.75. The molecule has 27 heavy (non-hydrogen) atoms. The molecule has 3 N–H and O–H groups in total. The molecule has 0 radical (unpaired) electrons. The van der Waals surface area contributed by atoms with Crippen molar-refractivity contribution in [2.24, 2.45) is 0 Å². The lowest BCUT2D eigenvalue weighted by Gasteiger charge is -2.08. The van der Waals surface area contributed by atoms with Gasteiger partial charge in [-0.25, -0.2) is 0 Å². The summed E-state index contributed by atoms with van der Waals surface area (Å²) in [5.41, 5.74) is 3.41. The molecule has 0 bridgehead atoms. The Labute approximate surface area is 156 Å². The van der Waals surface area contributed by atoms with Gasteiger partial charge in [0, 0.05) is 35.8 Å². The number of carbonyl (C=O) groups excluding carboxylic acids is 2. The van der Waals surface area contributed by atoms with Crippen molar-refractivity contribution < 1.29 is 9.59 Å². The van der Waals surface area contributed by atoms with Crippen LogP contribution in [0.15, 0.2) is 53.3 Å². The zero-order valence-electron chi connectivity index (χ0n) is 15.3. The number of pyridine rings is 1. The van der Waals surface area contributed by atoms with Crippen molar-refractivity contribution in [3.63, 3.8) is 0 Å². The maximum Gasteiger partial charge on any atom is 0.251 e. The molecule has 0 atom stereocenters. The number of H-pyrrole nitrogens is 1. The maximum atomic E-state index is 12.3. The van der Waals surface area contributed by atoms with Crippen LogP contribution in [0.1, 0.15) is 28.4 Å². The molecule has 1 heterocycles. The molecule has 0 saturated heterocycles. The molecule has 1 aromatic heterocycles. The average Bonchev–Trinajstić information content (AvgIpc) is 2.62. The summed E-state index contributed by atoms with van der Waals surface area (Å²) in [5.74, 6) is -0.450. The van der Waals surface area contributed by atoms with Crippen LogP contribution in [0.2, 0.25) is 0 Å². The van der Waals surface area contributed by atoms with E-state index in [0.717, 1.165) is 16.5 Å². The van der Waals surface area contributed by atoms with E-state index in [4.69, 9.17) is 0 Å². The van der Waals surface area contributed by atoms with E-state index in [9.17, 15) is 14.4 Å². The van der Waals surface area contributed by atoms with E-state index in [-0.39, 0.29) is 17.4 Å². The monoisotopic (exact) mass is 363 g/mol.